The van der Waals surface area contributed by atoms with E-state index in [4.69, 9.17) is 5.26 Å². The van der Waals surface area contributed by atoms with Crippen molar-refractivity contribution in [2.24, 2.45) is 0 Å². The van der Waals surface area contributed by atoms with Crippen molar-refractivity contribution in [3.63, 3.8) is 0 Å². The van der Waals surface area contributed by atoms with E-state index in [0.717, 1.165) is 5.56 Å². The van der Waals surface area contributed by atoms with Gasteiger partial charge >= 0.3 is 0 Å². The zero-order chi connectivity index (χ0) is 17.4. The van der Waals surface area contributed by atoms with Crippen molar-refractivity contribution >= 4 is 11.6 Å². The summed E-state index contributed by atoms with van der Waals surface area (Å²) >= 11 is 0. The highest BCUT2D eigenvalue weighted by atomic mass is 19.1. The maximum Gasteiger partial charge on any atom is 0.263 e. The zero-order valence-electron chi connectivity index (χ0n) is 12.8. The number of carbonyl (C=O) groups excluding carboxylic acids is 1. The van der Waals surface area contributed by atoms with Crippen molar-refractivity contribution in [3.05, 3.63) is 71.7 Å². The summed E-state index contributed by atoms with van der Waals surface area (Å²) in [6, 6.07) is 14.4. The Bertz CT molecular complexity index is 780. The van der Waals surface area contributed by atoms with E-state index >= 15 is 0 Å². The number of hydrogen-bond donors (Lipinski definition) is 3. The summed E-state index contributed by atoms with van der Waals surface area (Å²) < 4.78 is 13.5. The number of amides is 1. The normalized spacial score (nSPS) is 10.8. The van der Waals surface area contributed by atoms with Crippen LogP contribution in [-0.4, -0.2) is 17.6 Å². The summed E-state index contributed by atoms with van der Waals surface area (Å²) in [7, 11) is 0. The molecule has 0 aromatic heterocycles. The number of anilines is 1. The number of phenolic OH excluding ortho intramolecular Hbond substituents is 1. The first-order chi connectivity index (χ1) is 11.6. The van der Waals surface area contributed by atoms with Gasteiger partial charge in [0.2, 0.25) is 0 Å². The largest absolute Gasteiger partial charge is 0.508 e. The first kappa shape index (κ1) is 17.0. The summed E-state index contributed by atoms with van der Waals surface area (Å²) in [5.41, 5.74) is 0.978. The Morgan fingerprint density at radius 3 is 2.58 bits per heavy atom. The molecular weight excluding hydrogens is 309 g/mol. The number of halogens is 1. The molecule has 0 unspecified atom stereocenters. The molecule has 0 saturated heterocycles. The number of carbonyl (C=O) groups is 1. The van der Waals surface area contributed by atoms with Gasteiger partial charge in [0.1, 0.15) is 23.2 Å². The molecule has 2 aromatic carbocycles. The van der Waals surface area contributed by atoms with Crippen LogP contribution in [0.25, 0.3) is 0 Å². The molecule has 0 bridgehead atoms. The van der Waals surface area contributed by atoms with Crippen LogP contribution in [0.15, 0.2) is 60.3 Å². The van der Waals surface area contributed by atoms with Crippen molar-refractivity contribution in [1.82, 2.24) is 5.32 Å². The van der Waals surface area contributed by atoms with Crippen LogP contribution in [-0.2, 0) is 11.2 Å². The average molecular weight is 325 g/mol. The van der Waals surface area contributed by atoms with Gasteiger partial charge in [-0.25, -0.2) is 4.39 Å². The second-order valence-corrected chi connectivity index (χ2v) is 4.97. The molecule has 0 saturated carbocycles. The minimum Gasteiger partial charge on any atom is -0.508 e. The lowest BCUT2D eigenvalue weighted by Crippen LogP contribution is -2.27. The van der Waals surface area contributed by atoms with Gasteiger partial charge in [-0.3, -0.25) is 4.79 Å². The molecule has 0 aliphatic rings. The van der Waals surface area contributed by atoms with E-state index in [1.807, 2.05) is 0 Å². The molecular formula is C18H16FN3O2. The monoisotopic (exact) mass is 325 g/mol. The standard InChI is InChI=1S/C18H16FN3O2/c19-16-3-1-2-4-17(16)22-12-14(11-20)18(24)21-10-9-13-5-7-15(23)8-6-13/h1-8,12,22-23H,9-10H2,(H,21,24)/b14-12-. The van der Waals surface area contributed by atoms with Gasteiger partial charge in [0.15, 0.2) is 0 Å². The van der Waals surface area contributed by atoms with Gasteiger partial charge in [-0.2, -0.15) is 5.26 Å². The third-order valence-corrected chi connectivity index (χ3v) is 3.25. The van der Waals surface area contributed by atoms with Crippen molar-refractivity contribution < 1.29 is 14.3 Å². The third-order valence-electron chi connectivity index (χ3n) is 3.25. The Morgan fingerprint density at radius 1 is 1.21 bits per heavy atom. The number of para-hydroxylation sites is 1. The summed E-state index contributed by atoms with van der Waals surface area (Å²) in [6.45, 7) is 0.336. The Labute approximate surface area is 139 Å². The molecule has 1 amide bonds. The Balaban J connectivity index is 1.89. The van der Waals surface area contributed by atoms with E-state index in [1.165, 1.54) is 18.3 Å². The smallest absolute Gasteiger partial charge is 0.263 e. The van der Waals surface area contributed by atoms with Gasteiger partial charge in [-0.05, 0) is 36.2 Å². The SMILES string of the molecule is N#C/C(=C/Nc1ccccc1F)C(=O)NCCc1ccc(O)cc1. The number of rotatable bonds is 6. The van der Waals surface area contributed by atoms with Crippen LogP contribution in [0.1, 0.15) is 5.56 Å². The molecule has 5 nitrogen and oxygen atoms in total. The van der Waals surface area contributed by atoms with E-state index in [-0.39, 0.29) is 17.0 Å². The fraction of sp³-hybridized carbons (Fsp3) is 0.111. The minimum atomic E-state index is -0.542. The summed E-state index contributed by atoms with van der Waals surface area (Å²) in [5, 5.41) is 23.5. The van der Waals surface area contributed by atoms with E-state index in [2.05, 4.69) is 10.6 Å². The second-order valence-electron chi connectivity index (χ2n) is 4.97. The van der Waals surface area contributed by atoms with Crippen molar-refractivity contribution in [1.29, 1.82) is 5.26 Å². The fourth-order valence-electron chi connectivity index (χ4n) is 1.95. The molecule has 0 aliphatic heterocycles. The van der Waals surface area contributed by atoms with Crippen molar-refractivity contribution in [2.75, 3.05) is 11.9 Å². The first-order valence-electron chi connectivity index (χ1n) is 7.27. The number of nitriles is 1. The van der Waals surface area contributed by atoms with Crippen molar-refractivity contribution in [2.45, 2.75) is 6.42 Å². The number of nitrogens with one attached hydrogen (secondary N) is 2. The molecule has 2 rings (SSSR count). The highest BCUT2D eigenvalue weighted by Gasteiger charge is 2.08. The highest BCUT2D eigenvalue weighted by molar-refractivity contribution is 5.97. The first-order valence-corrected chi connectivity index (χ1v) is 7.27. The van der Waals surface area contributed by atoms with Gasteiger partial charge in [0.05, 0.1) is 5.69 Å². The maximum atomic E-state index is 13.5. The molecule has 0 fully saturated rings. The molecule has 3 N–H and O–H groups in total. The summed E-state index contributed by atoms with van der Waals surface area (Å²) in [6.07, 6.45) is 1.74. The molecule has 6 heteroatoms. The molecule has 0 atom stereocenters. The molecule has 2 aromatic rings. The molecule has 0 heterocycles. The Morgan fingerprint density at radius 2 is 1.92 bits per heavy atom. The quantitative estimate of drug-likeness (QED) is 0.563. The summed E-state index contributed by atoms with van der Waals surface area (Å²) in [5.74, 6) is -0.837. The zero-order valence-corrected chi connectivity index (χ0v) is 12.8. The van der Waals surface area contributed by atoms with Crippen LogP contribution in [0, 0.1) is 17.1 Å². The number of phenols is 1. The molecule has 122 valence electrons. The van der Waals surface area contributed by atoms with Gasteiger partial charge in [0.25, 0.3) is 5.91 Å². The van der Waals surface area contributed by atoms with Crippen LogP contribution < -0.4 is 10.6 Å². The molecule has 0 spiro atoms. The number of aromatic hydroxyl groups is 1. The van der Waals surface area contributed by atoms with E-state index in [9.17, 15) is 14.3 Å². The highest BCUT2D eigenvalue weighted by Crippen LogP contribution is 2.13. The van der Waals surface area contributed by atoms with E-state index in [1.54, 1.807) is 42.5 Å². The lowest BCUT2D eigenvalue weighted by Gasteiger charge is -2.06. The lowest BCUT2D eigenvalue weighted by atomic mass is 10.1. The lowest BCUT2D eigenvalue weighted by molar-refractivity contribution is -0.117. The predicted octanol–water partition coefficient (Wildman–Crippen LogP) is 2.71. The van der Waals surface area contributed by atoms with Crippen LogP contribution in [0.5, 0.6) is 5.75 Å². The Kier molecular flexibility index (Phi) is 5.92. The van der Waals surface area contributed by atoms with Gasteiger partial charge in [0, 0.05) is 12.7 Å². The van der Waals surface area contributed by atoms with Crippen LogP contribution >= 0.6 is 0 Å². The fourth-order valence-corrected chi connectivity index (χ4v) is 1.95. The topological polar surface area (TPSA) is 85.2 Å². The van der Waals surface area contributed by atoms with Crippen LogP contribution in [0.4, 0.5) is 10.1 Å². The predicted molar refractivity (Wildman–Crippen MR) is 88.5 cm³/mol. The molecule has 24 heavy (non-hydrogen) atoms. The van der Waals surface area contributed by atoms with E-state index in [0.29, 0.717) is 13.0 Å². The average Bonchev–Trinajstić information content (AvgIpc) is 2.59. The number of benzene rings is 2. The number of hydrogen-bond acceptors (Lipinski definition) is 4. The van der Waals surface area contributed by atoms with Crippen LogP contribution in [0.2, 0.25) is 0 Å². The van der Waals surface area contributed by atoms with Crippen LogP contribution in [0.3, 0.4) is 0 Å². The second kappa shape index (κ2) is 8.34. The van der Waals surface area contributed by atoms with E-state index < -0.39 is 11.7 Å². The Hall–Kier alpha value is -3.33. The van der Waals surface area contributed by atoms with Gasteiger partial charge in [-0.15, -0.1) is 0 Å². The third kappa shape index (κ3) is 4.85. The summed E-state index contributed by atoms with van der Waals surface area (Å²) in [4.78, 5) is 11.9. The minimum absolute atomic E-state index is 0.149. The van der Waals surface area contributed by atoms with Gasteiger partial charge in [-0.1, -0.05) is 24.3 Å². The van der Waals surface area contributed by atoms with Gasteiger partial charge < -0.3 is 15.7 Å². The maximum absolute atomic E-state index is 13.5. The molecule has 0 aliphatic carbocycles. The van der Waals surface area contributed by atoms with Crippen molar-refractivity contribution in [3.8, 4) is 11.8 Å². The molecule has 0 radical (unpaired) electrons. The number of nitrogens with zero attached hydrogens (tertiary/aromatic N) is 1.